The monoisotopic (exact) mass is 519 g/mol. The van der Waals surface area contributed by atoms with E-state index in [0.717, 1.165) is 30.5 Å². The Morgan fingerprint density at radius 2 is 1.53 bits per heavy atom. The van der Waals surface area contributed by atoms with Gasteiger partial charge in [0.25, 0.3) is 0 Å². The average Bonchev–Trinajstić information content (AvgIpc) is 2.83. The number of carbonyl (C=O) groups is 2. The quantitative estimate of drug-likeness (QED) is 0.171. The molecule has 5 N–H and O–H groups in total. The highest BCUT2D eigenvalue weighted by atomic mass is 35.5. The Morgan fingerprint density at radius 1 is 1.00 bits per heavy atom. The summed E-state index contributed by atoms with van der Waals surface area (Å²) in [5, 5.41) is 19.9. The second kappa shape index (κ2) is 22.0. The third-order valence-electron chi connectivity index (χ3n) is 5.22. The van der Waals surface area contributed by atoms with E-state index in [9.17, 15) is 14.7 Å². The van der Waals surface area contributed by atoms with Crippen molar-refractivity contribution in [2.24, 2.45) is 5.73 Å². The summed E-state index contributed by atoms with van der Waals surface area (Å²) in [6.07, 6.45) is 8.51. The number of nitrogens with zero attached hydrogens (tertiary/aromatic N) is 1. The molecule has 0 heterocycles. The third kappa shape index (κ3) is 16.1. The predicted octanol–water partition coefficient (Wildman–Crippen LogP) is 4.16. The van der Waals surface area contributed by atoms with Gasteiger partial charge < -0.3 is 26.2 Å². The second-order valence-corrected chi connectivity index (χ2v) is 8.83. The Hall–Kier alpha value is -1.54. The number of amides is 1. The smallest absolute Gasteiger partial charge is 0.326 e. The lowest BCUT2D eigenvalue weighted by atomic mass is 10.0. The number of aliphatic carboxylic acids is 1. The number of alkyl halides is 2. The highest BCUT2D eigenvalue weighted by Gasteiger charge is 2.20. The number of carbonyl (C=O) groups excluding carboxylic acids is 1. The lowest BCUT2D eigenvalue weighted by Crippen LogP contribution is -2.42. The molecule has 1 atom stereocenters. The van der Waals surface area contributed by atoms with Crippen molar-refractivity contribution in [1.82, 2.24) is 5.32 Å². The molecule has 0 aliphatic carbocycles. The van der Waals surface area contributed by atoms with Gasteiger partial charge in [-0.2, -0.15) is 0 Å². The molecule has 0 aromatic heterocycles. The van der Waals surface area contributed by atoms with Crippen LogP contribution in [0.1, 0.15) is 63.9 Å². The maximum atomic E-state index is 12.2. The molecule has 0 bridgehead atoms. The first kappa shape index (κ1) is 32.5. The van der Waals surface area contributed by atoms with E-state index in [-0.39, 0.29) is 18.9 Å². The summed E-state index contributed by atoms with van der Waals surface area (Å²) in [6.45, 7) is 4.05. The number of aliphatic hydroxyl groups excluding tert-OH is 1. The maximum absolute atomic E-state index is 12.2. The molecule has 1 aromatic carbocycles. The Morgan fingerprint density at radius 3 is 2.00 bits per heavy atom. The Kier molecular flexibility index (Phi) is 21.0. The zero-order valence-electron chi connectivity index (χ0n) is 20.5. The van der Waals surface area contributed by atoms with Crippen LogP contribution in [0.2, 0.25) is 0 Å². The topological polar surface area (TPSA) is 116 Å². The SMILES string of the molecule is CCCCCCCCCC(=O)N[C@@H](Cc1ccc(N(CCCl)CCCl)cc1)C(=O)O.NCCO. The minimum absolute atomic E-state index is 0.0972. The Balaban J connectivity index is 0.00000251. The average molecular weight is 521 g/mol. The molecule has 0 radical (unpaired) electrons. The number of benzene rings is 1. The highest BCUT2D eigenvalue weighted by Crippen LogP contribution is 2.17. The zero-order valence-corrected chi connectivity index (χ0v) is 22.0. The van der Waals surface area contributed by atoms with Crippen molar-refractivity contribution in [2.75, 3.05) is 42.9 Å². The van der Waals surface area contributed by atoms with E-state index in [1.807, 2.05) is 24.3 Å². The van der Waals surface area contributed by atoms with Gasteiger partial charge in [0.05, 0.1) is 6.61 Å². The van der Waals surface area contributed by atoms with Gasteiger partial charge in [-0.05, 0) is 24.1 Å². The van der Waals surface area contributed by atoms with Gasteiger partial charge in [-0.3, -0.25) is 4.79 Å². The molecular weight excluding hydrogens is 477 g/mol. The van der Waals surface area contributed by atoms with Gasteiger partial charge in [-0.25, -0.2) is 4.79 Å². The standard InChI is InChI=1S/C23H36Cl2N2O3.C2H7NO/c1-2-3-4-5-6-7-8-9-22(28)26-21(23(29)30)18-19-10-12-20(13-11-19)27(16-14-24)17-15-25;3-1-2-4/h10-13,21H,2-9,14-18H2,1H3,(H,26,28)(H,29,30);4H,1-3H2/t21-;/m0./s1. The molecule has 1 rings (SSSR count). The van der Waals surface area contributed by atoms with E-state index >= 15 is 0 Å². The molecule has 1 aromatic rings. The fraction of sp³-hybridized carbons (Fsp3) is 0.680. The third-order valence-corrected chi connectivity index (χ3v) is 5.56. The van der Waals surface area contributed by atoms with Crippen LogP contribution in [0.25, 0.3) is 0 Å². The number of nitrogens with one attached hydrogen (secondary N) is 1. The van der Waals surface area contributed by atoms with E-state index in [2.05, 4.69) is 17.1 Å². The Bertz CT molecular complexity index is 640. The molecule has 0 saturated heterocycles. The molecule has 0 aliphatic rings. The number of rotatable bonds is 18. The summed E-state index contributed by atoms with van der Waals surface area (Å²) in [6, 6.07) is 6.74. The molecular formula is C25H43Cl2N3O4. The van der Waals surface area contributed by atoms with Crippen LogP contribution in [-0.4, -0.2) is 66.1 Å². The van der Waals surface area contributed by atoms with Gasteiger partial charge in [0.2, 0.25) is 5.91 Å². The van der Waals surface area contributed by atoms with Crippen molar-refractivity contribution < 1.29 is 19.8 Å². The van der Waals surface area contributed by atoms with Gasteiger partial charge in [0.15, 0.2) is 0 Å². The summed E-state index contributed by atoms with van der Waals surface area (Å²) in [7, 11) is 0. The number of unbranched alkanes of at least 4 members (excludes halogenated alkanes) is 6. The molecule has 7 nitrogen and oxygen atoms in total. The van der Waals surface area contributed by atoms with E-state index in [0.29, 0.717) is 37.8 Å². The van der Waals surface area contributed by atoms with Crippen LogP contribution >= 0.6 is 23.2 Å². The summed E-state index contributed by atoms with van der Waals surface area (Å²) in [4.78, 5) is 25.9. The first-order chi connectivity index (χ1) is 16.4. The largest absolute Gasteiger partial charge is 0.480 e. The molecule has 0 saturated carbocycles. The van der Waals surface area contributed by atoms with Crippen LogP contribution in [0.15, 0.2) is 24.3 Å². The molecule has 0 spiro atoms. The van der Waals surface area contributed by atoms with Crippen molar-refractivity contribution in [3.8, 4) is 0 Å². The fourth-order valence-electron chi connectivity index (χ4n) is 3.36. The van der Waals surface area contributed by atoms with Crippen molar-refractivity contribution in [3.63, 3.8) is 0 Å². The van der Waals surface area contributed by atoms with Crippen LogP contribution in [0.5, 0.6) is 0 Å². The number of aliphatic hydroxyl groups is 1. The van der Waals surface area contributed by atoms with Gasteiger partial charge in [-0.1, -0.05) is 57.6 Å². The van der Waals surface area contributed by atoms with Crippen molar-refractivity contribution >= 4 is 40.8 Å². The molecule has 34 heavy (non-hydrogen) atoms. The lowest BCUT2D eigenvalue weighted by Gasteiger charge is -2.23. The van der Waals surface area contributed by atoms with Crippen molar-refractivity contribution in [3.05, 3.63) is 29.8 Å². The minimum Gasteiger partial charge on any atom is -0.480 e. The molecule has 9 heteroatoms. The van der Waals surface area contributed by atoms with Crippen LogP contribution in [-0.2, 0) is 16.0 Å². The van der Waals surface area contributed by atoms with E-state index in [1.54, 1.807) is 0 Å². The van der Waals surface area contributed by atoms with Crippen molar-refractivity contribution in [2.45, 2.75) is 70.8 Å². The number of carboxylic acids is 1. The number of anilines is 1. The maximum Gasteiger partial charge on any atom is 0.326 e. The number of carboxylic acid groups (broad SMARTS) is 1. The van der Waals surface area contributed by atoms with Crippen LogP contribution in [0.4, 0.5) is 5.69 Å². The first-order valence-electron chi connectivity index (χ1n) is 12.2. The second-order valence-electron chi connectivity index (χ2n) is 8.08. The molecule has 0 aliphatic heterocycles. The predicted molar refractivity (Wildman–Crippen MR) is 142 cm³/mol. The molecule has 1 amide bonds. The fourth-order valence-corrected chi connectivity index (χ4v) is 3.77. The van der Waals surface area contributed by atoms with E-state index in [1.165, 1.54) is 25.7 Å². The number of hydrogen-bond acceptors (Lipinski definition) is 5. The minimum atomic E-state index is -1.02. The van der Waals surface area contributed by atoms with Gasteiger partial charge in [0.1, 0.15) is 6.04 Å². The number of nitrogens with two attached hydrogens (primary N) is 1. The summed E-state index contributed by atoms with van der Waals surface area (Å²) in [5.74, 6) is -0.199. The number of halogens is 2. The molecule has 196 valence electrons. The summed E-state index contributed by atoms with van der Waals surface area (Å²) >= 11 is 11.7. The van der Waals surface area contributed by atoms with Gasteiger partial charge in [0, 0.05) is 49.9 Å². The van der Waals surface area contributed by atoms with Crippen LogP contribution < -0.4 is 16.0 Å². The lowest BCUT2D eigenvalue weighted by molar-refractivity contribution is -0.141. The normalized spacial score (nSPS) is 11.3. The summed E-state index contributed by atoms with van der Waals surface area (Å²) in [5.41, 5.74) is 6.63. The van der Waals surface area contributed by atoms with E-state index in [4.69, 9.17) is 34.0 Å². The van der Waals surface area contributed by atoms with Gasteiger partial charge in [-0.15, -0.1) is 23.2 Å². The van der Waals surface area contributed by atoms with Crippen molar-refractivity contribution in [1.29, 1.82) is 0 Å². The number of hydrogen-bond donors (Lipinski definition) is 4. The van der Waals surface area contributed by atoms with Gasteiger partial charge >= 0.3 is 5.97 Å². The molecule has 0 fully saturated rings. The van der Waals surface area contributed by atoms with Crippen LogP contribution in [0.3, 0.4) is 0 Å². The highest BCUT2D eigenvalue weighted by molar-refractivity contribution is 6.18. The first-order valence-corrected chi connectivity index (χ1v) is 13.3. The summed E-state index contributed by atoms with van der Waals surface area (Å²) < 4.78 is 0. The molecule has 0 unspecified atom stereocenters. The van der Waals surface area contributed by atoms with E-state index < -0.39 is 12.0 Å². The zero-order chi connectivity index (χ0) is 25.6. The van der Waals surface area contributed by atoms with Crippen LogP contribution in [0, 0.1) is 0 Å². The Labute approximate surface area is 215 Å².